The molecule has 2 rings (SSSR count). The Morgan fingerprint density at radius 2 is 1.73 bits per heavy atom. The third-order valence-corrected chi connectivity index (χ3v) is 3.14. The van der Waals surface area contributed by atoms with Crippen LogP contribution in [0.3, 0.4) is 0 Å². The van der Waals surface area contributed by atoms with Crippen molar-refractivity contribution >= 4 is 23.7 Å². The Morgan fingerprint density at radius 3 is 2.27 bits per heavy atom. The Labute approximate surface area is 127 Å². The van der Waals surface area contributed by atoms with E-state index in [4.69, 9.17) is 4.74 Å². The first-order valence-corrected chi connectivity index (χ1v) is 6.92. The lowest BCUT2D eigenvalue weighted by Crippen LogP contribution is -2.40. The van der Waals surface area contributed by atoms with Gasteiger partial charge in [-0.15, -0.1) is 0 Å². The Kier molecular flexibility index (Phi) is 4.88. The molecule has 0 bridgehead atoms. The van der Waals surface area contributed by atoms with Gasteiger partial charge in [-0.3, -0.25) is 24.1 Å². The van der Waals surface area contributed by atoms with Crippen LogP contribution in [0.4, 0.5) is 0 Å². The number of rotatable bonds is 6. The number of ether oxygens (including phenoxy) is 1. The van der Waals surface area contributed by atoms with Crippen LogP contribution in [0.1, 0.15) is 34.1 Å². The van der Waals surface area contributed by atoms with E-state index in [1.54, 1.807) is 31.2 Å². The maximum absolute atomic E-state index is 12.1. The number of benzene rings is 1. The molecule has 1 heterocycles. The maximum atomic E-state index is 12.1. The molecule has 1 aliphatic rings. The summed E-state index contributed by atoms with van der Waals surface area (Å²) in [7, 11) is 0. The van der Waals surface area contributed by atoms with Crippen LogP contribution in [0.2, 0.25) is 0 Å². The molecule has 0 spiro atoms. The number of nitrogens with zero attached hydrogens (tertiary/aromatic N) is 1. The maximum Gasteiger partial charge on any atom is 0.307 e. The van der Waals surface area contributed by atoms with Crippen LogP contribution in [-0.4, -0.2) is 48.3 Å². The topological polar surface area (TPSA) is 92.8 Å². The number of carbonyl (C=O) groups excluding carboxylic acids is 4. The molecule has 7 nitrogen and oxygen atoms in total. The monoisotopic (exact) mass is 304 g/mol. The fourth-order valence-electron chi connectivity index (χ4n) is 2.12. The smallest absolute Gasteiger partial charge is 0.307 e. The molecule has 0 atom stereocenters. The van der Waals surface area contributed by atoms with Crippen molar-refractivity contribution in [2.75, 3.05) is 19.7 Å². The molecule has 22 heavy (non-hydrogen) atoms. The van der Waals surface area contributed by atoms with Crippen LogP contribution in [0, 0.1) is 0 Å². The summed E-state index contributed by atoms with van der Waals surface area (Å²) in [5.74, 6) is -1.88. The molecule has 0 aromatic heterocycles. The molecule has 1 aliphatic heterocycles. The fourth-order valence-corrected chi connectivity index (χ4v) is 2.12. The predicted octanol–water partition coefficient (Wildman–Crippen LogP) is 0.352. The summed E-state index contributed by atoms with van der Waals surface area (Å²) in [4.78, 5) is 47.9. The third kappa shape index (κ3) is 3.30. The molecule has 1 N–H and O–H groups in total. The molecule has 1 aromatic rings. The highest BCUT2D eigenvalue weighted by Crippen LogP contribution is 2.21. The van der Waals surface area contributed by atoms with Gasteiger partial charge in [-0.1, -0.05) is 12.1 Å². The Bertz CT molecular complexity index is 591. The standard InChI is InChI=1S/C15H16N2O5/c1-2-22-13(19)7-8-16-12(18)9-17-14(20)10-5-3-4-6-11(10)15(17)21/h3-6H,2,7-9H2,1H3,(H,16,18). The molecule has 7 heteroatoms. The van der Waals surface area contributed by atoms with Crippen molar-refractivity contribution in [3.8, 4) is 0 Å². The van der Waals surface area contributed by atoms with E-state index in [1.807, 2.05) is 0 Å². The molecule has 3 amide bonds. The lowest BCUT2D eigenvalue weighted by molar-refractivity contribution is -0.143. The fraction of sp³-hybridized carbons (Fsp3) is 0.333. The van der Waals surface area contributed by atoms with Gasteiger partial charge < -0.3 is 10.1 Å². The van der Waals surface area contributed by atoms with Gasteiger partial charge in [-0.2, -0.15) is 0 Å². The number of carbonyl (C=O) groups is 4. The zero-order chi connectivity index (χ0) is 16.1. The zero-order valence-electron chi connectivity index (χ0n) is 12.1. The van der Waals surface area contributed by atoms with Crippen LogP contribution in [0.15, 0.2) is 24.3 Å². The number of hydrogen-bond donors (Lipinski definition) is 1. The lowest BCUT2D eigenvalue weighted by atomic mass is 10.1. The highest BCUT2D eigenvalue weighted by molar-refractivity contribution is 6.22. The predicted molar refractivity (Wildman–Crippen MR) is 76.1 cm³/mol. The van der Waals surface area contributed by atoms with Gasteiger partial charge in [0.2, 0.25) is 5.91 Å². The van der Waals surface area contributed by atoms with Crippen molar-refractivity contribution < 1.29 is 23.9 Å². The molecule has 0 aliphatic carbocycles. The number of hydrogen-bond acceptors (Lipinski definition) is 5. The number of fused-ring (bicyclic) bond motifs is 1. The Hall–Kier alpha value is -2.70. The van der Waals surface area contributed by atoms with Crippen molar-refractivity contribution in [2.45, 2.75) is 13.3 Å². The van der Waals surface area contributed by atoms with Crippen molar-refractivity contribution in [1.82, 2.24) is 10.2 Å². The number of amides is 3. The van der Waals surface area contributed by atoms with Gasteiger partial charge in [0.05, 0.1) is 24.2 Å². The van der Waals surface area contributed by atoms with E-state index in [1.165, 1.54) is 0 Å². The third-order valence-electron chi connectivity index (χ3n) is 3.14. The number of nitrogens with one attached hydrogen (secondary N) is 1. The van der Waals surface area contributed by atoms with Gasteiger partial charge in [-0.05, 0) is 19.1 Å². The van der Waals surface area contributed by atoms with E-state index < -0.39 is 23.7 Å². The van der Waals surface area contributed by atoms with E-state index >= 15 is 0 Å². The molecule has 0 fully saturated rings. The second-order valence-electron chi connectivity index (χ2n) is 4.65. The van der Waals surface area contributed by atoms with Crippen molar-refractivity contribution in [3.05, 3.63) is 35.4 Å². The van der Waals surface area contributed by atoms with E-state index in [0.29, 0.717) is 11.1 Å². The molecule has 116 valence electrons. The SMILES string of the molecule is CCOC(=O)CCNC(=O)CN1C(=O)c2ccccc2C1=O. The second-order valence-corrected chi connectivity index (χ2v) is 4.65. The molecular weight excluding hydrogens is 288 g/mol. The number of imide groups is 1. The van der Waals surface area contributed by atoms with Gasteiger partial charge in [-0.25, -0.2) is 0 Å². The summed E-state index contributed by atoms with van der Waals surface area (Å²) >= 11 is 0. The van der Waals surface area contributed by atoms with E-state index in [-0.39, 0.29) is 26.1 Å². The highest BCUT2D eigenvalue weighted by Gasteiger charge is 2.36. The van der Waals surface area contributed by atoms with Crippen LogP contribution < -0.4 is 5.32 Å². The van der Waals surface area contributed by atoms with E-state index in [2.05, 4.69) is 5.32 Å². The lowest BCUT2D eigenvalue weighted by Gasteiger charge is -2.13. The van der Waals surface area contributed by atoms with E-state index in [0.717, 1.165) is 4.90 Å². The minimum Gasteiger partial charge on any atom is -0.466 e. The highest BCUT2D eigenvalue weighted by atomic mass is 16.5. The molecular formula is C15H16N2O5. The van der Waals surface area contributed by atoms with Gasteiger partial charge in [0, 0.05) is 6.54 Å². The van der Waals surface area contributed by atoms with Crippen LogP contribution in [0.25, 0.3) is 0 Å². The minimum atomic E-state index is -0.501. The summed E-state index contributed by atoms with van der Waals surface area (Å²) < 4.78 is 4.72. The molecule has 0 saturated carbocycles. The second kappa shape index (κ2) is 6.84. The average molecular weight is 304 g/mol. The number of esters is 1. The van der Waals surface area contributed by atoms with Crippen LogP contribution in [-0.2, 0) is 14.3 Å². The van der Waals surface area contributed by atoms with Gasteiger partial charge in [0.15, 0.2) is 0 Å². The van der Waals surface area contributed by atoms with Gasteiger partial charge in [0.25, 0.3) is 11.8 Å². The van der Waals surface area contributed by atoms with Gasteiger partial charge >= 0.3 is 5.97 Å². The minimum absolute atomic E-state index is 0.0434. The van der Waals surface area contributed by atoms with Crippen molar-refractivity contribution in [2.24, 2.45) is 0 Å². The Morgan fingerprint density at radius 1 is 1.14 bits per heavy atom. The summed E-state index contributed by atoms with van der Waals surface area (Å²) in [5.41, 5.74) is 0.596. The van der Waals surface area contributed by atoms with Gasteiger partial charge in [0.1, 0.15) is 6.54 Å². The quantitative estimate of drug-likeness (QED) is 0.605. The largest absolute Gasteiger partial charge is 0.466 e. The summed E-state index contributed by atoms with van der Waals surface area (Å²) in [6.07, 6.45) is 0.0434. The molecule has 0 unspecified atom stereocenters. The van der Waals surface area contributed by atoms with Crippen LogP contribution >= 0.6 is 0 Å². The van der Waals surface area contributed by atoms with Crippen molar-refractivity contribution in [3.63, 3.8) is 0 Å². The zero-order valence-corrected chi connectivity index (χ0v) is 12.1. The first-order chi connectivity index (χ1) is 10.5. The summed E-state index contributed by atoms with van der Waals surface area (Å²) in [6, 6.07) is 6.42. The molecule has 0 saturated heterocycles. The molecule has 0 radical (unpaired) electrons. The van der Waals surface area contributed by atoms with E-state index in [9.17, 15) is 19.2 Å². The van der Waals surface area contributed by atoms with Crippen molar-refractivity contribution in [1.29, 1.82) is 0 Å². The summed E-state index contributed by atoms with van der Waals surface area (Å²) in [5, 5.41) is 2.48. The first kappa shape index (κ1) is 15.7. The first-order valence-electron chi connectivity index (χ1n) is 6.92. The van der Waals surface area contributed by atoms with Crippen LogP contribution in [0.5, 0.6) is 0 Å². The Balaban J connectivity index is 1.87. The molecule has 1 aromatic carbocycles. The average Bonchev–Trinajstić information content (AvgIpc) is 2.73. The normalized spacial score (nSPS) is 13.0. The summed E-state index contributed by atoms with van der Waals surface area (Å²) in [6.45, 7) is 1.70.